The Morgan fingerprint density at radius 2 is 0.839 bits per heavy atom. The predicted molar refractivity (Wildman–Crippen MR) is 123 cm³/mol. The minimum atomic E-state index is 0.448. The molecule has 3 heteroatoms. The molecule has 0 amide bonds. The molecular weight excluding hydrogens is 384 g/mol. The van der Waals surface area contributed by atoms with Gasteiger partial charge in [0.25, 0.3) is 0 Å². The van der Waals surface area contributed by atoms with Gasteiger partial charge in [0.15, 0.2) is 0 Å². The number of rotatable bonds is 9. The van der Waals surface area contributed by atoms with Crippen LogP contribution < -0.4 is 14.2 Å². The molecule has 1 radical (unpaired) electrons. The summed E-state index contributed by atoms with van der Waals surface area (Å²) in [7, 11) is 0. The molecule has 4 rings (SSSR count). The van der Waals surface area contributed by atoms with Crippen LogP contribution in [0.15, 0.2) is 103 Å². The number of hydrogen-bond donors (Lipinski definition) is 0. The highest BCUT2D eigenvalue weighted by Crippen LogP contribution is 2.35. The van der Waals surface area contributed by atoms with Crippen molar-refractivity contribution in [1.82, 2.24) is 0 Å². The van der Waals surface area contributed by atoms with Gasteiger partial charge in [-0.3, -0.25) is 0 Å². The van der Waals surface area contributed by atoms with Gasteiger partial charge in [0.05, 0.1) is 0 Å². The third kappa shape index (κ3) is 5.89. The zero-order valence-electron chi connectivity index (χ0n) is 17.4. The van der Waals surface area contributed by atoms with Crippen LogP contribution in [0.25, 0.3) is 0 Å². The monoisotopic (exact) mass is 409 g/mol. The van der Waals surface area contributed by atoms with E-state index < -0.39 is 0 Å². The van der Waals surface area contributed by atoms with Crippen molar-refractivity contribution in [2.75, 3.05) is 0 Å². The van der Waals surface area contributed by atoms with Gasteiger partial charge < -0.3 is 14.2 Å². The van der Waals surface area contributed by atoms with Gasteiger partial charge in [-0.1, -0.05) is 91.0 Å². The molecule has 4 aromatic rings. The smallest absolute Gasteiger partial charge is 0.130 e. The third-order valence-corrected chi connectivity index (χ3v) is 4.86. The molecule has 155 valence electrons. The lowest BCUT2D eigenvalue weighted by atomic mass is 10.1. The minimum Gasteiger partial charge on any atom is -0.489 e. The summed E-state index contributed by atoms with van der Waals surface area (Å²) in [5.74, 6) is 1.98. The molecule has 31 heavy (non-hydrogen) atoms. The predicted octanol–water partition coefficient (Wildman–Crippen LogP) is 6.61. The van der Waals surface area contributed by atoms with Crippen LogP contribution in [-0.2, 0) is 19.8 Å². The second-order valence-corrected chi connectivity index (χ2v) is 7.22. The van der Waals surface area contributed by atoms with E-state index in [9.17, 15) is 0 Å². The molecule has 0 aliphatic heterocycles. The summed E-state index contributed by atoms with van der Waals surface area (Å²) in [5, 5.41) is 0. The Hall–Kier alpha value is -3.72. The van der Waals surface area contributed by atoms with Gasteiger partial charge in [-0.05, 0) is 23.6 Å². The lowest BCUT2D eigenvalue weighted by Crippen LogP contribution is -2.03. The Bertz CT molecular complexity index is 1010. The van der Waals surface area contributed by atoms with E-state index in [-0.39, 0.29) is 0 Å². The molecule has 0 aromatic heterocycles. The van der Waals surface area contributed by atoms with Gasteiger partial charge in [-0.2, -0.15) is 0 Å². The fourth-order valence-electron chi connectivity index (χ4n) is 3.15. The molecule has 0 heterocycles. The lowest BCUT2D eigenvalue weighted by Gasteiger charge is -2.17. The summed E-state index contributed by atoms with van der Waals surface area (Å²) in [6.07, 6.45) is 0. The average Bonchev–Trinajstić information content (AvgIpc) is 2.83. The quantitative estimate of drug-likeness (QED) is 0.311. The van der Waals surface area contributed by atoms with Crippen LogP contribution in [0.1, 0.15) is 22.3 Å². The van der Waals surface area contributed by atoms with E-state index in [1.54, 1.807) is 0 Å². The zero-order valence-corrected chi connectivity index (χ0v) is 17.4. The Kier molecular flexibility index (Phi) is 6.86. The highest BCUT2D eigenvalue weighted by Gasteiger charge is 2.12. The van der Waals surface area contributed by atoms with Gasteiger partial charge in [0.2, 0.25) is 0 Å². The molecule has 0 spiro atoms. The highest BCUT2D eigenvalue weighted by atomic mass is 16.5. The summed E-state index contributed by atoms with van der Waals surface area (Å²) >= 11 is 0. The molecule has 4 aromatic carbocycles. The summed E-state index contributed by atoms with van der Waals surface area (Å²) in [5.41, 5.74) is 3.98. The fourth-order valence-corrected chi connectivity index (χ4v) is 3.15. The van der Waals surface area contributed by atoms with Crippen LogP contribution in [0.4, 0.5) is 0 Å². The first kappa shape index (κ1) is 20.5. The first-order chi connectivity index (χ1) is 15.3. The molecule has 3 nitrogen and oxygen atoms in total. The van der Waals surface area contributed by atoms with Crippen molar-refractivity contribution in [3.8, 4) is 17.2 Å². The van der Waals surface area contributed by atoms with Crippen molar-refractivity contribution in [3.63, 3.8) is 0 Å². The third-order valence-electron chi connectivity index (χ3n) is 4.86. The lowest BCUT2D eigenvalue weighted by molar-refractivity contribution is 0.273. The first-order valence-electron chi connectivity index (χ1n) is 10.3. The standard InChI is InChI=1S/C28H25O3/c1-22-27(30-20-24-13-7-3-8-14-24)17-26(29-19-23-11-5-2-6-12-23)18-28(22)31-21-25-15-9-4-10-16-25/h2-18H,1,19-21H2. The number of ether oxygens (including phenoxy) is 3. The van der Waals surface area contributed by atoms with Crippen molar-refractivity contribution in [1.29, 1.82) is 0 Å². The maximum atomic E-state index is 6.09. The van der Waals surface area contributed by atoms with Crippen LogP contribution in [0.5, 0.6) is 17.2 Å². The summed E-state index contributed by atoms with van der Waals surface area (Å²) < 4.78 is 18.2. The Balaban J connectivity index is 1.54. The van der Waals surface area contributed by atoms with Crippen LogP contribution in [0.3, 0.4) is 0 Å². The average molecular weight is 410 g/mol. The zero-order chi connectivity index (χ0) is 21.3. The Morgan fingerprint density at radius 1 is 0.484 bits per heavy atom. The van der Waals surface area contributed by atoms with Gasteiger partial charge >= 0.3 is 0 Å². The van der Waals surface area contributed by atoms with Crippen LogP contribution in [0, 0.1) is 6.92 Å². The topological polar surface area (TPSA) is 27.7 Å². The van der Waals surface area contributed by atoms with Crippen molar-refractivity contribution < 1.29 is 14.2 Å². The molecule has 0 aliphatic rings. The molecule has 0 aliphatic carbocycles. The van der Waals surface area contributed by atoms with E-state index in [1.807, 2.05) is 103 Å². The van der Waals surface area contributed by atoms with E-state index >= 15 is 0 Å². The number of benzene rings is 4. The van der Waals surface area contributed by atoms with Gasteiger partial charge in [-0.25, -0.2) is 0 Å². The summed E-state index contributed by atoms with van der Waals surface area (Å²) in [4.78, 5) is 0. The largest absolute Gasteiger partial charge is 0.489 e. The highest BCUT2D eigenvalue weighted by molar-refractivity contribution is 5.52. The molecule has 0 saturated carbocycles. The molecule has 0 unspecified atom stereocenters. The normalized spacial score (nSPS) is 10.5. The van der Waals surface area contributed by atoms with E-state index in [4.69, 9.17) is 14.2 Å². The maximum absolute atomic E-state index is 6.09. The Labute approximate surface area is 183 Å². The first-order valence-corrected chi connectivity index (χ1v) is 10.3. The van der Waals surface area contributed by atoms with Gasteiger partial charge in [0.1, 0.15) is 37.1 Å². The second kappa shape index (κ2) is 10.4. The molecule has 0 N–H and O–H groups in total. The van der Waals surface area contributed by atoms with Gasteiger partial charge in [-0.15, -0.1) is 0 Å². The van der Waals surface area contributed by atoms with E-state index in [0.29, 0.717) is 42.6 Å². The van der Waals surface area contributed by atoms with Crippen molar-refractivity contribution >= 4 is 0 Å². The molecular formula is C28H25O3. The van der Waals surface area contributed by atoms with E-state index in [0.717, 1.165) is 16.7 Å². The van der Waals surface area contributed by atoms with Crippen molar-refractivity contribution in [2.45, 2.75) is 19.8 Å². The fraction of sp³-hybridized carbons (Fsp3) is 0.107. The SMILES string of the molecule is [CH2]c1c(OCc2ccccc2)cc(OCc2ccccc2)cc1OCc1ccccc1. The molecule has 0 atom stereocenters. The van der Waals surface area contributed by atoms with Gasteiger partial charge in [0, 0.05) is 17.7 Å². The van der Waals surface area contributed by atoms with Crippen molar-refractivity contribution in [3.05, 3.63) is 132 Å². The molecule has 0 fully saturated rings. The number of hydrogen-bond acceptors (Lipinski definition) is 3. The molecule has 0 saturated heterocycles. The van der Waals surface area contributed by atoms with Crippen LogP contribution >= 0.6 is 0 Å². The second-order valence-electron chi connectivity index (χ2n) is 7.22. The van der Waals surface area contributed by atoms with Crippen LogP contribution in [-0.4, -0.2) is 0 Å². The van der Waals surface area contributed by atoms with E-state index in [1.165, 1.54) is 0 Å². The van der Waals surface area contributed by atoms with Crippen molar-refractivity contribution in [2.24, 2.45) is 0 Å². The Morgan fingerprint density at radius 3 is 1.23 bits per heavy atom. The van der Waals surface area contributed by atoms with E-state index in [2.05, 4.69) is 6.92 Å². The summed E-state index contributed by atoms with van der Waals surface area (Å²) in [6, 6.07) is 33.9. The minimum absolute atomic E-state index is 0.448. The maximum Gasteiger partial charge on any atom is 0.130 e. The van der Waals surface area contributed by atoms with Crippen LogP contribution in [0.2, 0.25) is 0 Å². The molecule has 0 bridgehead atoms. The summed E-state index contributed by atoms with van der Waals surface area (Å²) in [6.45, 7) is 5.56.